The van der Waals surface area contributed by atoms with Crippen molar-refractivity contribution < 1.29 is 0 Å². The van der Waals surface area contributed by atoms with Crippen LogP contribution in [0.15, 0.2) is 24.3 Å². The molecule has 0 aliphatic carbocycles. The largest absolute Gasteiger partial charge is 0.224 e. The van der Waals surface area contributed by atoms with Gasteiger partial charge in [0.2, 0.25) is 5.28 Å². The van der Waals surface area contributed by atoms with Gasteiger partial charge in [0.05, 0.1) is 10.7 Å². The molecule has 0 aliphatic rings. The average Bonchev–Trinajstić information content (AvgIpc) is 2.71. The van der Waals surface area contributed by atoms with Gasteiger partial charge >= 0.3 is 0 Å². The van der Waals surface area contributed by atoms with Crippen LogP contribution < -0.4 is 0 Å². The Morgan fingerprint density at radius 2 is 1.84 bits per heavy atom. The summed E-state index contributed by atoms with van der Waals surface area (Å²) in [5.74, 6) is 0. The van der Waals surface area contributed by atoms with Crippen LogP contribution in [-0.4, -0.2) is 9.97 Å². The summed E-state index contributed by atoms with van der Waals surface area (Å²) in [6.07, 6.45) is 0. The molecule has 0 saturated heterocycles. The molecule has 96 valence electrons. The Bertz CT molecular complexity index is 783. The van der Waals surface area contributed by atoms with E-state index in [1.54, 1.807) is 29.5 Å². The highest BCUT2D eigenvalue weighted by Crippen LogP contribution is 2.36. The molecule has 0 fully saturated rings. The lowest BCUT2D eigenvalue weighted by Gasteiger charge is -2.06. The first kappa shape index (κ1) is 13.1. The first-order chi connectivity index (χ1) is 9.04. The Morgan fingerprint density at radius 3 is 2.63 bits per heavy atom. The average molecular weight is 330 g/mol. The zero-order valence-corrected chi connectivity index (χ0v) is 12.8. The fourth-order valence-corrected chi connectivity index (χ4v) is 3.38. The van der Waals surface area contributed by atoms with Gasteiger partial charge in [0.15, 0.2) is 0 Å². The van der Waals surface area contributed by atoms with Crippen LogP contribution in [0.25, 0.3) is 21.5 Å². The Labute approximate surface area is 129 Å². The van der Waals surface area contributed by atoms with Crippen molar-refractivity contribution in [2.24, 2.45) is 0 Å². The van der Waals surface area contributed by atoms with Crippen molar-refractivity contribution in [1.29, 1.82) is 0 Å². The maximum absolute atomic E-state index is 6.23. The molecule has 1 aromatic carbocycles. The lowest BCUT2D eigenvalue weighted by Crippen LogP contribution is -1.89. The first-order valence-corrected chi connectivity index (χ1v) is 7.39. The normalized spacial score (nSPS) is 11.2. The molecule has 2 aromatic heterocycles. The maximum Gasteiger partial charge on any atom is 0.224 e. The molecule has 19 heavy (non-hydrogen) atoms. The summed E-state index contributed by atoms with van der Waals surface area (Å²) in [6.45, 7) is 2.02. The van der Waals surface area contributed by atoms with Gasteiger partial charge in [-0.15, -0.1) is 11.3 Å². The fourth-order valence-electron chi connectivity index (χ4n) is 1.90. The van der Waals surface area contributed by atoms with Gasteiger partial charge in [0.25, 0.3) is 0 Å². The maximum atomic E-state index is 6.23. The third-order valence-corrected chi connectivity index (χ3v) is 4.35. The van der Waals surface area contributed by atoms with Crippen LogP contribution >= 0.6 is 46.1 Å². The Morgan fingerprint density at radius 1 is 1.05 bits per heavy atom. The molecule has 0 saturated carbocycles. The van der Waals surface area contributed by atoms with Crippen LogP contribution in [0.1, 0.15) is 4.88 Å². The van der Waals surface area contributed by atoms with E-state index in [1.807, 2.05) is 13.0 Å². The predicted octanol–water partition coefficient (Wildman–Crippen LogP) is 5.63. The number of hydrogen-bond acceptors (Lipinski definition) is 3. The lowest BCUT2D eigenvalue weighted by molar-refractivity contribution is 1.24. The number of fused-ring (bicyclic) bond motifs is 1. The van der Waals surface area contributed by atoms with E-state index in [0.29, 0.717) is 15.7 Å². The van der Waals surface area contributed by atoms with E-state index in [2.05, 4.69) is 9.97 Å². The molecule has 0 radical (unpaired) electrons. The summed E-state index contributed by atoms with van der Waals surface area (Å²) in [5, 5.41) is 2.34. The van der Waals surface area contributed by atoms with Crippen molar-refractivity contribution in [2.75, 3.05) is 0 Å². The zero-order chi connectivity index (χ0) is 13.6. The Kier molecular flexibility index (Phi) is 3.39. The molecule has 0 aliphatic heterocycles. The van der Waals surface area contributed by atoms with Gasteiger partial charge in [-0.2, -0.15) is 0 Å². The minimum atomic E-state index is 0.209. The van der Waals surface area contributed by atoms with E-state index in [9.17, 15) is 0 Å². The van der Waals surface area contributed by atoms with Crippen molar-refractivity contribution >= 4 is 56.4 Å². The minimum Gasteiger partial charge on any atom is -0.217 e. The third-order valence-electron chi connectivity index (χ3n) is 2.67. The molecule has 0 amide bonds. The highest BCUT2D eigenvalue weighted by Gasteiger charge is 2.14. The summed E-state index contributed by atoms with van der Waals surface area (Å²) < 4.78 is 0. The molecule has 2 heterocycles. The number of benzene rings is 1. The van der Waals surface area contributed by atoms with E-state index < -0.39 is 0 Å². The van der Waals surface area contributed by atoms with Gasteiger partial charge in [-0.1, -0.05) is 23.2 Å². The number of aryl methyl sites for hydroxylation is 1. The molecule has 0 unspecified atom stereocenters. The van der Waals surface area contributed by atoms with Gasteiger partial charge in [-0.3, -0.25) is 0 Å². The second-order valence-electron chi connectivity index (χ2n) is 4.04. The van der Waals surface area contributed by atoms with Crippen LogP contribution in [0.4, 0.5) is 0 Å². The molecule has 0 atom stereocenters. The standard InChI is InChI=1S/C13H7Cl3N2S/c1-6-4-9-11(17-13(16)18-12(9)19-6)8-5-7(14)2-3-10(8)15/h2-5H,1H3. The van der Waals surface area contributed by atoms with Crippen LogP contribution in [0.3, 0.4) is 0 Å². The van der Waals surface area contributed by atoms with Crippen molar-refractivity contribution in [3.05, 3.63) is 44.5 Å². The first-order valence-electron chi connectivity index (χ1n) is 5.44. The van der Waals surface area contributed by atoms with Crippen LogP contribution in [0, 0.1) is 6.92 Å². The summed E-state index contributed by atoms with van der Waals surface area (Å²) >= 11 is 19.8. The SMILES string of the molecule is Cc1cc2c(-c3cc(Cl)ccc3Cl)nc(Cl)nc2s1. The molecule has 0 bridgehead atoms. The number of nitrogens with zero attached hydrogens (tertiary/aromatic N) is 2. The smallest absolute Gasteiger partial charge is 0.217 e. The number of hydrogen-bond donors (Lipinski definition) is 0. The number of thiophene rings is 1. The monoisotopic (exact) mass is 328 g/mol. The molecule has 3 rings (SSSR count). The summed E-state index contributed by atoms with van der Waals surface area (Å²) in [5.41, 5.74) is 1.48. The second kappa shape index (κ2) is 4.91. The Hall–Kier alpha value is -0.870. The molecular weight excluding hydrogens is 323 g/mol. The van der Waals surface area contributed by atoms with Crippen molar-refractivity contribution in [2.45, 2.75) is 6.92 Å². The number of rotatable bonds is 1. The highest BCUT2D eigenvalue weighted by molar-refractivity contribution is 7.18. The van der Waals surface area contributed by atoms with E-state index >= 15 is 0 Å². The highest BCUT2D eigenvalue weighted by atomic mass is 35.5. The third kappa shape index (κ3) is 2.43. The van der Waals surface area contributed by atoms with E-state index in [0.717, 1.165) is 20.7 Å². The van der Waals surface area contributed by atoms with Crippen molar-refractivity contribution in [3.8, 4) is 11.3 Å². The molecule has 0 spiro atoms. The lowest BCUT2D eigenvalue weighted by atomic mass is 10.1. The van der Waals surface area contributed by atoms with Gasteiger partial charge in [-0.25, -0.2) is 9.97 Å². The van der Waals surface area contributed by atoms with Crippen LogP contribution in [0.2, 0.25) is 15.3 Å². The number of aromatic nitrogens is 2. The molecule has 2 nitrogen and oxygen atoms in total. The molecule has 6 heteroatoms. The van der Waals surface area contributed by atoms with Crippen LogP contribution in [0.5, 0.6) is 0 Å². The van der Waals surface area contributed by atoms with Crippen molar-refractivity contribution in [3.63, 3.8) is 0 Å². The molecule has 0 N–H and O–H groups in total. The van der Waals surface area contributed by atoms with E-state index in [-0.39, 0.29) is 5.28 Å². The topological polar surface area (TPSA) is 25.8 Å². The summed E-state index contributed by atoms with van der Waals surface area (Å²) in [6, 6.07) is 7.31. The van der Waals surface area contributed by atoms with Crippen molar-refractivity contribution in [1.82, 2.24) is 9.97 Å². The molecule has 3 aromatic rings. The minimum absolute atomic E-state index is 0.209. The Balaban J connectivity index is 2.38. The number of halogens is 3. The van der Waals surface area contributed by atoms with Gasteiger partial charge in [-0.05, 0) is 42.8 Å². The van der Waals surface area contributed by atoms with E-state index in [1.165, 1.54) is 0 Å². The van der Waals surface area contributed by atoms with Gasteiger partial charge < -0.3 is 0 Å². The van der Waals surface area contributed by atoms with Gasteiger partial charge in [0, 0.05) is 20.8 Å². The van der Waals surface area contributed by atoms with E-state index in [4.69, 9.17) is 34.8 Å². The fraction of sp³-hybridized carbons (Fsp3) is 0.0769. The van der Waals surface area contributed by atoms with Gasteiger partial charge in [0.1, 0.15) is 4.83 Å². The quantitative estimate of drug-likeness (QED) is 0.541. The summed E-state index contributed by atoms with van der Waals surface area (Å²) in [7, 11) is 0. The zero-order valence-electron chi connectivity index (χ0n) is 9.75. The summed E-state index contributed by atoms with van der Waals surface area (Å²) in [4.78, 5) is 10.5. The predicted molar refractivity (Wildman–Crippen MR) is 82.6 cm³/mol. The van der Waals surface area contributed by atoms with Crippen LogP contribution in [-0.2, 0) is 0 Å². The molecular formula is C13H7Cl3N2S. The second-order valence-corrected chi connectivity index (χ2v) is 6.46.